The van der Waals surface area contributed by atoms with Gasteiger partial charge in [-0.1, -0.05) is 12.1 Å². The Balaban J connectivity index is 1.78. The number of carbonyl (C=O) groups excluding carboxylic acids is 1. The molecule has 1 aliphatic heterocycles. The summed E-state index contributed by atoms with van der Waals surface area (Å²) in [6, 6.07) is 7.45. The molecule has 0 unspecified atom stereocenters. The number of rotatable bonds is 6. The quantitative estimate of drug-likeness (QED) is 0.829. The number of ether oxygens (including phenoxy) is 3. The fraction of sp³-hybridized carbons (Fsp3) is 0.533. The molecule has 0 radical (unpaired) electrons. The minimum atomic E-state index is -0.394. The van der Waals surface area contributed by atoms with E-state index in [9.17, 15) is 4.79 Å². The van der Waals surface area contributed by atoms with Gasteiger partial charge in [-0.15, -0.1) is 0 Å². The maximum absolute atomic E-state index is 12.1. The van der Waals surface area contributed by atoms with E-state index in [1.54, 1.807) is 19.1 Å². The Morgan fingerprint density at radius 3 is 2.86 bits per heavy atom. The maximum Gasteiger partial charge on any atom is 0.252 e. The molecule has 1 atom stereocenters. The van der Waals surface area contributed by atoms with Crippen molar-refractivity contribution in [1.82, 2.24) is 10.2 Å². The third kappa shape index (κ3) is 4.34. The van der Waals surface area contributed by atoms with Gasteiger partial charge in [-0.3, -0.25) is 4.79 Å². The van der Waals surface area contributed by atoms with E-state index < -0.39 is 6.10 Å². The van der Waals surface area contributed by atoms with Crippen LogP contribution in [0.1, 0.15) is 0 Å². The second kappa shape index (κ2) is 7.85. The summed E-state index contributed by atoms with van der Waals surface area (Å²) in [5, 5.41) is 3.15. The van der Waals surface area contributed by atoms with Crippen molar-refractivity contribution >= 4 is 5.91 Å². The molecular formula is C15H22N2O4. The Bertz CT molecular complexity index is 461. The van der Waals surface area contributed by atoms with E-state index in [1.165, 1.54) is 0 Å². The Labute approximate surface area is 125 Å². The van der Waals surface area contributed by atoms with E-state index >= 15 is 0 Å². The Hall–Kier alpha value is -1.79. The van der Waals surface area contributed by atoms with Crippen molar-refractivity contribution in [2.24, 2.45) is 0 Å². The zero-order valence-corrected chi connectivity index (χ0v) is 12.5. The predicted octanol–water partition coefficient (Wildman–Crippen LogP) is 0.521. The summed E-state index contributed by atoms with van der Waals surface area (Å²) in [6.45, 7) is 2.84. The monoisotopic (exact) mass is 294 g/mol. The molecule has 2 rings (SSSR count). The first-order chi connectivity index (χ1) is 10.2. The molecule has 1 saturated heterocycles. The molecule has 6 nitrogen and oxygen atoms in total. The van der Waals surface area contributed by atoms with Crippen LogP contribution in [-0.4, -0.2) is 63.9 Å². The molecule has 1 N–H and O–H groups in total. The zero-order valence-electron chi connectivity index (χ0n) is 12.5. The molecule has 1 fully saturated rings. The van der Waals surface area contributed by atoms with Crippen molar-refractivity contribution in [2.75, 3.05) is 47.0 Å². The van der Waals surface area contributed by atoms with Gasteiger partial charge in [-0.2, -0.15) is 0 Å². The topological polar surface area (TPSA) is 60.0 Å². The van der Waals surface area contributed by atoms with Crippen molar-refractivity contribution in [1.29, 1.82) is 0 Å². The van der Waals surface area contributed by atoms with Crippen molar-refractivity contribution in [3.8, 4) is 11.5 Å². The standard InChI is InChI=1S/C15H22N2O4/c1-17(15(18)14-11-16-7-9-20-14)8-10-21-13-6-4-3-5-12(13)19-2/h3-6,14,16H,7-11H2,1-2H3/t14-/m1/s1. The lowest BCUT2D eigenvalue weighted by atomic mass is 10.2. The number of para-hydroxylation sites is 2. The summed E-state index contributed by atoms with van der Waals surface area (Å²) in [5.41, 5.74) is 0. The third-order valence-electron chi connectivity index (χ3n) is 3.33. The number of hydrogen-bond donors (Lipinski definition) is 1. The Morgan fingerprint density at radius 1 is 1.43 bits per heavy atom. The number of benzene rings is 1. The molecule has 0 bridgehead atoms. The molecule has 0 saturated carbocycles. The van der Waals surface area contributed by atoms with Crippen LogP contribution in [-0.2, 0) is 9.53 Å². The van der Waals surface area contributed by atoms with Gasteiger partial charge in [0.2, 0.25) is 0 Å². The molecular weight excluding hydrogens is 272 g/mol. The first-order valence-corrected chi connectivity index (χ1v) is 7.05. The molecule has 1 aromatic rings. The van der Waals surface area contributed by atoms with E-state index in [1.807, 2.05) is 24.3 Å². The number of amides is 1. The summed E-state index contributed by atoms with van der Waals surface area (Å²) >= 11 is 0. The highest BCUT2D eigenvalue weighted by Crippen LogP contribution is 2.25. The smallest absolute Gasteiger partial charge is 0.252 e. The van der Waals surface area contributed by atoms with Crippen molar-refractivity contribution in [3.63, 3.8) is 0 Å². The normalized spacial score (nSPS) is 18.1. The van der Waals surface area contributed by atoms with Crippen LogP contribution in [0, 0.1) is 0 Å². The molecule has 1 aliphatic rings. The minimum Gasteiger partial charge on any atom is -0.493 e. The molecule has 0 spiro atoms. The summed E-state index contributed by atoms with van der Waals surface area (Å²) in [4.78, 5) is 13.8. The van der Waals surface area contributed by atoms with Gasteiger partial charge >= 0.3 is 0 Å². The van der Waals surface area contributed by atoms with Crippen molar-refractivity contribution < 1.29 is 19.0 Å². The third-order valence-corrected chi connectivity index (χ3v) is 3.33. The number of nitrogens with one attached hydrogen (secondary N) is 1. The van der Waals surface area contributed by atoms with Crippen LogP contribution in [0.15, 0.2) is 24.3 Å². The summed E-state index contributed by atoms with van der Waals surface area (Å²) in [6.07, 6.45) is -0.394. The Kier molecular flexibility index (Phi) is 5.83. The van der Waals surface area contributed by atoms with Crippen molar-refractivity contribution in [2.45, 2.75) is 6.10 Å². The van der Waals surface area contributed by atoms with E-state index in [2.05, 4.69) is 5.32 Å². The average Bonchev–Trinajstić information content (AvgIpc) is 2.55. The predicted molar refractivity (Wildman–Crippen MR) is 78.7 cm³/mol. The van der Waals surface area contributed by atoms with Crippen molar-refractivity contribution in [3.05, 3.63) is 24.3 Å². The fourth-order valence-corrected chi connectivity index (χ4v) is 2.11. The molecule has 1 heterocycles. The van der Waals surface area contributed by atoms with Gasteiger partial charge in [0.05, 0.1) is 20.3 Å². The SMILES string of the molecule is COc1ccccc1OCCN(C)C(=O)[C@H]1CNCCO1. The fourth-order valence-electron chi connectivity index (χ4n) is 2.11. The number of hydrogen-bond acceptors (Lipinski definition) is 5. The molecule has 0 aromatic heterocycles. The highest BCUT2D eigenvalue weighted by molar-refractivity contribution is 5.81. The molecule has 0 aliphatic carbocycles. The first-order valence-electron chi connectivity index (χ1n) is 7.05. The van der Waals surface area contributed by atoms with Crippen LogP contribution >= 0.6 is 0 Å². The maximum atomic E-state index is 12.1. The minimum absolute atomic E-state index is 0.0224. The van der Waals surface area contributed by atoms with Crippen LogP contribution in [0.3, 0.4) is 0 Å². The highest BCUT2D eigenvalue weighted by Gasteiger charge is 2.24. The van der Waals surface area contributed by atoms with Gasteiger partial charge in [0.15, 0.2) is 11.5 Å². The van der Waals surface area contributed by atoms with Gasteiger partial charge in [-0.05, 0) is 12.1 Å². The summed E-state index contributed by atoms with van der Waals surface area (Å²) in [7, 11) is 3.36. The van der Waals surface area contributed by atoms with Crippen LogP contribution < -0.4 is 14.8 Å². The second-order valence-corrected chi connectivity index (χ2v) is 4.82. The second-order valence-electron chi connectivity index (χ2n) is 4.82. The molecule has 21 heavy (non-hydrogen) atoms. The van der Waals surface area contributed by atoms with E-state index in [0.717, 1.165) is 6.54 Å². The van der Waals surface area contributed by atoms with Crippen LogP contribution in [0.25, 0.3) is 0 Å². The highest BCUT2D eigenvalue weighted by atomic mass is 16.5. The first kappa shape index (κ1) is 15.6. The number of nitrogens with zero attached hydrogens (tertiary/aromatic N) is 1. The molecule has 1 aromatic carbocycles. The molecule has 1 amide bonds. The number of likely N-dealkylation sites (N-methyl/N-ethyl adjacent to an activating group) is 1. The summed E-state index contributed by atoms with van der Waals surface area (Å²) in [5.74, 6) is 1.34. The summed E-state index contributed by atoms with van der Waals surface area (Å²) < 4.78 is 16.3. The van der Waals surface area contributed by atoms with Crippen LogP contribution in [0.2, 0.25) is 0 Å². The van der Waals surface area contributed by atoms with Gasteiger partial charge in [-0.25, -0.2) is 0 Å². The van der Waals surface area contributed by atoms with Gasteiger partial charge in [0, 0.05) is 20.1 Å². The number of morpholine rings is 1. The van der Waals surface area contributed by atoms with E-state index in [-0.39, 0.29) is 5.91 Å². The zero-order chi connectivity index (χ0) is 15.1. The molecule has 116 valence electrons. The van der Waals surface area contributed by atoms with Gasteiger partial charge in [0.1, 0.15) is 12.7 Å². The van der Waals surface area contributed by atoms with E-state index in [0.29, 0.717) is 37.8 Å². The average molecular weight is 294 g/mol. The van der Waals surface area contributed by atoms with Gasteiger partial charge in [0.25, 0.3) is 5.91 Å². The van der Waals surface area contributed by atoms with E-state index in [4.69, 9.17) is 14.2 Å². The lowest BCUT2D eigenvalue weighted by Gasteiger charge is -2.27. The number of methoxy groups -OCH3 is 1. The lowest BCUT2D eigenvalue weighted by molar-refractivity contribution is -0.144. The van der Waals surface area contributed by atoms with Gasteiger partial charge < -0.3 is 24.4 Å². The van der Waals surface area contributed by atoms with Crippen LogP contribution in [0.4, 0.5) is 0 Å². The number of carbonyl (C=O) groups is 1. The Morgan fingerprint density at radius 2 is 2.19 bits per heavy atom. The molecule has 6 heteroatoms. The van der Waals surface area contributed by atoms with Crippen LogP contribution in [0.5, 0.6) is 11.5 Å². The largest absolute Gasteiger partial charge is 0.493 e. The lowest BCUT2D eigenvalue weighted by Crippen LogP contribution is -2.49.